The van der Waals surface area contributed by atoms with Crippen molar-refractivity contribution in [3.05, 3.63) is 71.2 Å². The Balaban J connectivity index is 1.55. The van der Waals surface area contributed by atoms with Crippen molar-refractivity contribution in [3.63, 3.8) is 0 Å². The van der Waals surface area contributed by atoms with Crippen molar-refractivity contribution in [1.82, 2.24) is 9.97 Å². The van der Waals surface area contributed by atoms with Crippen molar-refractivity contribution < 1.29 is 22.0 Å². The highest BCUT2D eigenvalue weighted by Gasteiger charge is 2.33. The third-order valence-electron chi connectivity index (χ3n) is 5.14. The molecule has 1 unspecified atom stereocenters. The molecule has 2 aromatic heterocycles. The molecule has 0 amide bonds. The van der Waals surface area contributed by atoms with Crippen LogP contribution in [0.4, 0.5) is 29.2 Å². The third kappa shape index (κ3) is 4.10. The number of nitrogens with zero attached hydrogens (tertiary/aromatic N) is 3. The van der Waals surface area contributed by atoms with Gasteiger partial charge >= 0.3 is 6.18 Å². The van der Waals surface area contributed by atoms with E-state index in [2.05, 4.69) is 15.3 Å². The second kappa shape index (κ2) is 7.97. The maximum Gasteiger partial charge on any atom is 0.416 e. The summed E-state index contributed by atoms with van der Waals surface area (Å²) in [6.07, 6.45) is -1.64. The maximum absolute atomic E-state index is 15.1. The molecule has 0 spiro atoms. The fraction of sp³-hybridized carbons (Fsp3) is 0.333. The Labute approximate surface area is 170 Å². The smallest absolute Gasteiger partial charge is 0.416 e. The number of hydrogen-bond acceptors (Lipinski definition) is 5. The molecule has 0 saturated carbocycles. The lowest BCUT2D eigenvalue weighted by Gasteiger charge is -2.27. The summed E-state index contributed by atoms with van der Waals surface area (Å²) in [5.41, 5.74) is -0.0113. The molecule has 9 heteroatoms. The van der Waals surface area contributed by atoms with Gasteiger partial charge in [-0.2, -0.15) is 17.6 Å². The van der Waals surface area contributed by atoms with Gasteiger partial charge in [0.25, 0.3) is 0 Å². The van der Waals surface area contributed by atoms with E-state index in [4.69, 9.17) is 4.42 Å². The second-order valence-electron chi connectivity index (χ2n) is 7.20. The van der Waals surface area contributed by atoms with Crippen LogP contribution in [0, 0.1) is 12.7 Å². The molecule has 1 aromatic carbocycles. The molecule has 4 rings (SSSR count). The molecular formula is C21H20F4N4O. The van der Waals surface area contributed by atoms with Crippen LogP contribution in [0.1, 0.15) is 41.5 Å². The molecule has 1 aliphatic heterocycles. The molecule has 1 atom stereocenters. The Kier molecular flexibility index (Phi) is 5.36. The first kappa shape index (κ1) is 20.2. The normalized spacial score (nSPS) is 16.8. The first-order valence-electron chi connectivity index (χ1n) is 9.56. The zero-order valence-corrected chi connectivity index (χ0v) is 16.2. The highest BCUT2D eigenvalue weighted by molar-refractivity contribution is 5.53. The van der Waals surface area contributed by atoms with Gasteiger partial charge in [-0.05, 0) is 49.6 Å². The van der Waals surface area contributed by atoms with Gasteiger partial charge in [-0.25, -0.2) is 9.97 Å². The molecule has 1 aliphatic rings. The van der Waals surface area contributed by atoms with Crippen LogP contribution in [-0.2, 0) is 12.7 Å². The largest absolute Gasteiger partial charge is 0.465 e. The summed E-state index contributed by atoms with van der Waals surface area (Å²) in [7, 11) is 0. The predicted molar refractivity (Wildman–Crippen MR) is 104 cm³/mol. The second-order valence-corrected chi connectivity index (χ2v) is 7.20. The zero-order valence-electron chi connectivity index (χ0n) is 16.2. The van der Waals surface area contributed by atoms with Crippen LogP contribution >= 0.6 is 0 Å². The van der Waals surface area contributed by atoms with Gasteiger partial charge in [0.1, 0.15) is 17.8 Å². The average Bonchev–Trinajstić information content (AvgIpc) is 3.36. The van der Waals surface area contributed by atoms with Gasteiger partial charge in [-0.3, -0.25) is 0 Å². The molecule has 0 aliphatic carbocycles. The molecule has 3 heterocycles. The number of nitrogens with one attached hydrogen (secondary N) is 1. The van der Waals surface area contributed by atoms with E-state index in [0.717, 1.165) is 24.3 Å². The number of hydrogen-bond donors (Lipinski definition) is 1. The highest BCUT2D eigenvalue weighted by Crippen LogP contribution is 2.38. The molecule has 0 bridgehead atoms. The summed E-state index contributed by atoms with van der Waals surface area (Å²) < 4.78 is 59.1. The van der Waals surface area contributed by atoms with Gasteiger partial charge in [0.15, 0.2) is 11.6 Å². The zero-order chi connectivity index (χ0) is 21.3. The minimum atomic E-state index is -4.39. The van der Waals surface area contributed by atoms with Crippen molar-refractivity contribution in [2.24, 2.45) is 0 Å². The van der Waals surface area contributed by atoms with Crippen molar-refractivity contribution in [2.75, 3.05) is 16.8 Å². The summed E-state index contributed by atoms with van der Waals surface area (Å²) in [6.45, 7) is 2.64. The van der Waals surface area contributed by atoms with Crippen molar-refractivity contribution in [2.45, 2.75) is 38.5 Å². The lowest BCUT2D eigenvalue weighted by atomic mass is 10.0. The number of aromatic nitrogens is 2. The predicted octanol–water partition coefficient (Wildman–Crippen LogP) is 5.49. The minimum absolute atomic E-state index is 0.0483. The quantitative estimate of drug-likeness (QED) is 0.553. The average molecular weight is 420 g/mol. The number of furan rings is 1. The van der Waals surface area contributed by atoms with Crippen LogP contribution < -0.4 is 10.2 Å². The first-order chi connectivity index (χ1) is 14.3. The lowest BCUT2D eigenvalue weighted by Crippen LogP contribution is -2.25. The fourth-order valence-corrected chi connectivity index (χ4v) is 3.70. The molecule has 3 aromatic rings. The summed E-state index contributed by atoms with van der Waals surface area (Å²) in [5, 5.41) is 2.91. The van der Waals surface area contributed by atoms with Gasteiger partial charge in [0.2, 0.25) is 5.82 Å². The summed E-state index contributed by atoms with van der Waals surface area (Å²) in [4.78, 5) is 9.87. The Morgan fingerprint density at radius 2 is 1.90 bits per heavy atom. The third-order valence-corrected chi connectivity index (χ3v) is 5.14. The topological polar surface area (TPSA) is 54.2 Å². The van der Waals surface area contributed by atoms with Crippen LogP contribution in [0.2, 0.25) is 0 Å². The summed E-state index contributed by atoms with van der Waals surface area (Å²) >= 11 is 0. The standard InChI is InChI=1S/C21H20F4N4O/c1-13-4-9-16(30-13)11-26-19-18(22)20(28-12-27-19)29-10-2-3-17(29)14-5-7-15(8-6-14)21(23,24)25/h4-9,12,17H,2-3,10-11H2,1H3,(H,26,27,28). The Bertz CT molecular complexity index is 1020. The van der Waals surface area contributed by atoms with E-state index in [0.29, 0.717) is 24.3 Å². The van der Waals surface area contributed by atoms with Crippen LogP contribution in [0.3, 0.4) is 0 Å². The molecule has 30 heavy (non-hydrogen) atoms. The van der Waals surface area contributed by atoms with Crippen LogP contribution in [-0.4, -0.2) is 16.5 Å². The Morgan fingerprint density at radius 3 is 2.57 bits per heavy atom. The maximum atomic E-state index is 15.1. The number of benzene rings is 1. The SMILES string of the molecule is Cc1ccc(CNc2ncnc(N3CCCC3c3ccc(C(F)(F)F)cc3)c2F)o1. The van der Waals surface area contributed by atoms with E-state index < -0.39 is 17.6 Å². The van der Waals surface area contributed by atoms with Crippen LogP contribution in [0.25, 0.3) is 0 Å². The van der Waals surface area contributed by atoms with E-state index in [1.165, 1.54) is 18.5 Å². The Morgan fingerprint density at radius 1 is 1.13 bits per heavy atom. The van der Waals surface area contributed by atoms with Gasteiger partial charge in [-0.15, -0.1) is 0 Å². The van der Waals surface area contributed by atoms with Crippen molar-refractivity contribution in [1.29, 1.82) is 0 Å². The number of aryl methyl sites for hydroxylation is 1. The van der Waals surface area contributed by atoms with E-state index >= 15 is 4.39 Å². The van der Waals surface area contributed by atoms with E-state index in [-0.39, 0.29) is 24.2 Å². The van der Waals surface area contributed by atoms with Crippen LogP contribution in [0.15, 0.2) is 47.1 Å². The number of halogens is 4. The van der Waals surface area contributed by atoms with E-state index in [1.54, 1.807) is 11.0 Å². The molecular weight excluding hydrogens is 400 g/mol. The molecule has 1 saturated heterocycles. The van der Waals surface area contributed by atoms with Crippen LogP contribution in [0.5, 0.6) is 0 Å². The van der Waals surface area contributed by atoms with Gasteiger partial charge in [0, 0.05) is 6.54 Å². The van der Waals surface area contributed by atoms with E-state index in [9.17, 15) is 13.2 Å². The molecule has 1 fully saturated rings. The van der Waals surface area contributed by atoms with Gasteiger partial charge in [-0.1, -0.05) is 12.1 Å². The summed E-state index contributed by atoms with van der Waals surface area (Å²) in [6, 6.07) is 8.37. The van der Waals surface area contributed by atoms with Gasteiger partial charge in [0.05, 0.1) is 18.2 Å². The first-order valence-corrected chi connectivity index (χ1v) is 9.56. The molecule has 0 radical (unpaired) electrons. The molecule has 158 valence electrons. The monoisotopic (exact) mass is 420 g/mol. The number of alkyl halides is 3. The van der Waals surface area contributed by atoms with E-state index in [1.807, 2.05) is 13.0 Å². The minimum Gasteiger partial charge on any atom is -0.465 e. The van der Waals surface area contributed by atoms with Crippen molar-refractivity contribution >= 4 is 11.6 Å². The van der Waals surface area contributed by atoms with Gasteiger partial charge < -0.3 is 14.6 Å². The lowest BCUT2D eigenvalue weighted by molar-refractivity contribution is -0.137. The van der Waals surface area contributed by atoms with Crippen molar-refractivity contribution in [3.8, 4) is 0 Å². The number of anilines is 2. The highest BCUT2D eigenvalue weighted by atomic mass is 19.4. The number of rotatable bonds is 5. The Hall–Kier alpha value is -3.10. The molecule has 1 N–H and O–H groups in total. The fourth-order valence-electron chi connectivity index (χ4n) is 3.70. The summed E-state index contributed by atoms with van der Waals surface area (Å²) in [5.74, 6) is 0.986. The molecule has 5 nitrogen and oxygen atoms in total.